The van der Waals surface area contributed by atoms with Crippen molar-refractivity contribution in [3.63, 3.8) is 0 Å². The number of benzene rings is 2. The quantitative estimate of drug-likeness (QED) is 0.652. The van der Waals surface area contributed by atoms with Crippen LogP contribution in [0.25, 0.3) is 0 Å². The van der Waals surface area contributed by atoms with E-state index < -0.39 is 27.4 Å². The minimum Gasteiger partial charge on any atom is -0.495 e. The van der Waals surface area contributed by atoms with E-state index in [-0.39, 0.29) is 26.2 Å². The summed E-state index contributed by atoms with van der Waals surface area (Å²) in [6.45, 7) is 0. The molecule has 0 aliphatic carbocycles. The smallest absolute Gasteiger partial charge is 0.339 e. The van der Waals surface area contributed by atoms with E-state index in [9.17, 15) is 22.7 Å². The molecule has 0 aliphatic heterocycles. The van der Waals surface area contributed by atoms with Gasteiger partial charge >= 0.3 is 5.97 Å². The van der Waals surface area contributed by atoms with Crippen LogP contribution in [0.5, 0.6) is 5.75 Å². The molecule has 0 aromatic heterocycles. The number of carbonyl (C=O) groups is 1. The fraction of sp³-hybridized carbons (Fsp3) is 0.133. The molecule has 0 heterocycles. The van der Waals surface area contributed by atoms with Gasteiger partial charge in [0.1, 0.15) is 17.1 Å². The van der Waals surface area contributed by atoms with E-state index in [1.807, 2.05) is 0 Å². The normalized spacial score (nSPS) is 11.3. The zero-order chi connectivity index (χ0) is 18.1. The van der Waals surface area contributed by atoms with Gasteiger partial charge in [-0.25, -0.2) is 17.6 Å². The Balaban J connectivity index is 2.56. The SMILES string of the molecule is COc1c(Br)ccc(CS(=O)(=O)c2ccc(F)cc2Br)c1C(=O)O. The Hall–Kier alpha value is -1.45. The van der Waals surface area contributed by atoms with E-state index in [0.717, 1.165) is 18.2 Å². The monoisotopic (exact) mass is 480 g/mol. The van der Waals surface area contributed by atoms with Crippen LogP contribution >= 0.6 is 31.9 Å². The Labute approximate surface area is 154 Å². The number of halogens is 3. The number of hydrogen-bond acceptors (Lipinski definition) is 4. The molecule has 1 N–H and O–H groups in total. The van der Waals surface area contributed by atoms with Crippen molar-refractivity contribution in [1.29, 1.82) is 0 Å². The van der Waals surface area contributed by atoms with E-state index in [4.69, 9.17) is 4.74 Å². The molecule has 5 nitrogen and oxygen atoms in total. The van der Waals surface area contributed by atoms with Crippen molar-refractivity contribution < 1.29 is 27.4 Å². The predicted molar refractivity (Wildman–Crippen MR) is 92.6 cm³/mol. The Kier molecular flexibility index (Phi) is 5.67. The van der Waals surface area contributed by atoms with Gasteiger partial charge in [-0.1, -0.05) is 6.07 Å². The molecule has 0 radical (unpaired) electrons. The number of carboxylic acids is 1. The number of aromatic carboxylic acids is 1. The van der Waals surface area contributed by atoms with Gasteiger partial charge in [0.25, 0.3) is 0 Å². The first kappa shape index (κ1) is 18.9. The lowest BCUT2D eigenvalue weighted by Gasteiger charge is -2.13. The molecule has 9 heteroatoms. The van der Waals surface area contributed by atoms with E-state index >= 15 is 0 Å². The van der Waals surface area contributed by atoms with Crippen molar-refractivity contribution in [3.05, 3.63) is 56.2 Å². The van der Waals surface area contributed by atoms with E-state index in [2.05, 4.69) is 31.9 Å². The minimum absolute atomic E-state index is 0.0355. The molecular weight excluding hydrogens is 471 g/mol. The molecule has 2 aromatic carbocycles. The molecule has 0 spiro atoms. The van der Waals surface area contributed by atoms with Crippen LogP contribution in [-0.2, 0) is 15.6 Å². The maximum absolute atomic E-state index is 13.2. The standard InChI is InChI=1S/C15H11Br2FO5S/c1-23-14-10(16)4-2-8(13(14)15(19)20)7-24(21,22)12-5-3-9(18)6-11(12)17/h2-6H,7H2,1H3,(H,19,20). The lowest BCUT2D eigenvalue weighted by atomic mass is 10.1. The Morgan fingerprint density at radius 2 is 1.88 bits per heavy atom. The van der Waals surface area contributed by atoms with Crippen molar-refractivity contribution in [2.75, 3.05) is 7.11 Å². The lowest BCUT2D eigenvalue weighted by Crippen LogP contribution is -2.12. The van der Waals surface area contributed by atoms with E-state index in [1.54, 1.807) is 0 Å². The van der Waals surface area contributed by atoms with E-state index in [0.29, 0.717) is 4.47 Å². The van der Waals surface area contributed by atoms with Gasteiger partial charge in [0.15, 0.2) is 9.84 Å². The molecule has 0 amide bonds. The second-order valence-corrected chi connectivity index (χ2v) is 8.42. The van der Waals surface area contributed by atoms with Gasteiger partial charge in [-0.15, -0.1) is 0 Å². The van der Waals surface area contributed by atoms with Crippen LogP contribution < -0.4 is 4.74 Å². The van der Waals surface area contributed by atoms with Gasteiger partial charge in [0.2, 0.25) is 0 Å². The Bertz CT molecular complexity index is 912. The van der Waals surface area contributed by atoms with Crippen LogP contribution in [0.2, 0.25) is 0 Å². The van der Waals surface area contributed by atoms with Crippen LogP contribution in [0.3, 0.4) is 0 Å². The van der Waals surface area contributed by atoms with Gasteiger partial charge < -0.3 is 9.84 Å². The van der Waals surface area contributed by atoms with Gasteiger partial charge in [0.05, 0.1) is 22.2 Å². The number of ether oxygens (including phenoxy) is 1. The first-order chi connectivity index (χ1) is 11.2. The fourth-order valence-corrected chi connectivity index (χ4v) is 5.18. The summed E-state index contributed by atoms with van der Waals surface area (Å²) < 4.78 is 43.9. The maximum atomic E-state index is 13.2. The average molecular weight is 482 g/mol. The largest absolute Gasteiger partial charge is 0.495 e. The number of sulfone groups is 1. The van der Waals surface area contributed by atoms with Crippen LogP contribution in [0, 0.1) is 5.82 Å². The predicted octanol–water partition coefficient (Wildman–Crippen LogP) is 4.03. The molecule has 0 fully saturated rings. The first-order valence-corrected chi connectivity index (χ1v) is 9.67. The Morgan fingerprint density at radius 1 is 1.21 bits per heavy atom. The molecule has 0 bridgehead atoms. The van der Waals surface area contributed by atoms with E-state index in [1.165, 1.54) is 19.2 Å². The number of carboxylic acid groups (broad SMARTS) is 1. The van der Waals surface area contributed by atoms with Crippen molar-refractivity contribution in [2.24, 2.45) is 0 Å². The third kappa shape index (κ3) is 3.79. The van der Waals surface area contributed by atoms with Crippen molar-refractivity contribution in [2.45, 2.75) is 10.6 Å². The summed E-state index contributed by atoms with van der Waals surface area (Å²) in [4.78, 5) is 11.4. The van der Waals surface area contributed by atoms with Crippen LogP contribution in [0.15, 0.2) is 44.2 Å². The molecule has 2 aromatic rings. The highest BCUT2D eigenvalue weighted by molar-refractivity contribution is 9.10. The highest BCUT2D eigenvalue weighted by Crippen LogP contribution is 2.34. The molecular formula is C15H11Br2FO5S. The third-order valence-corrected chi connectivity index (χ3v) is 6.45. The molecule has 0 saturated heterocycles. The van der Waals surface area contributed by atoms with Gasteiger partial charge in [-0.2, -0.15) is 0 Å². The van der Waals surface area contributed by atoms with Gasteiger partial charge in [-0.05, 0) is 61.7 Å². The molecule has 24 heavy (non-hydrogen) atoms. The molecule has 2 rings (SSSR count). The molecule has 0 aliphatic rings. The summed E-state index contributed by atoms with van der Waals surface area (Å²) in [5.41, 5.74) is -0.174. The van der Waals surface area contributed by atoms with Gasteiger partial charge in [-0.3, -0.25) is 0 Å². The number of rotatable bonds is 5. The van der Waals surface area contributed by atoms with Gasteiger partial charge in [0, 0.05) is 4.47 Å². The Morgan fingerprint density at radius 3 is 2.42 bits per heavy atom. The van der Waals surface area contributed by atoms with Crippen LogP contribution in [-0.4, -0.2) is 26.6 Å². The summed E-state index contributed by atoms with van der Waals surface area (Å²) in [5, 5.41) is 9.41. The minimum atomic E-state index is -3.90. The molecule has 128 valence electrons. The lowest BCUT2D eigenvalue weighted by molar-refractivity contribution is 0.0692. The highest BCUT2D eigenvalue weighted by atomic mass is 79.9. The molecule has 0 atom stereocenters. The first-order valence-electron chi connectivity index (χ1n) is 6.44. The fourth-order valence-electron chi connectivity index (χ4n) is 2.16. The van der Waals surface area contributed by atoms with Crippen LogP contribution in [0.1, 0.15) is 15.9 Å². The molecule has 0 unspecified atom stereocenters. The van der Waals surface area contributed by atoms with Crippen LogP contribution in [0.4, 0.5) is 4.39 Å². The zero-order valence-electron chi connectivity index (χ0n) is 12.2. The summed E-state index contributed by atoms with van der Waals surface area (Å²) in [7, 11) is -2.61. The highest BCUT2D eigenvalue weighted by Gasteiger charge is 2.25. The van der Waals surface area contributed by atoms with Crippen molar-refractivity contribution in [3.8, 4) is 5.75 Å². The summed E-state index contributed by atoms with van der Waals surface area (Å²) in [6, 6.07) is 6.09. The second-order valence-electron chi connectivity index (χ2n) is 4.75. The topological polar surface area (TPSA) is 80.7 Å². The average Bonchev–Trinajstić information content (AvgIpc) is 2.47. The third-order valence-electron chi connectivity index (χ3n) is 3.19. The number of methoxy groups -OCH3 is 1. The van der Waals surface area contributed by atoms with Crippen molar-refractivity contribution in [1.82, 2.24) is 0 Å². The zero-order valence-corrected chi connectivity index (χ0v) is 16.2. The molecule has 0 saturated carbocycles. The maximum Gasteiger partial charge on any atom is 0.339 e. The number of hydrogen-bond donors (Lipinski definition) is 1. The summed E-state index contributed by atoms with van der Waals surface area (Å²) in [6.07, 6.45) is 0. The summed E-state index contributed by atoms with van der Waals surface area (Å²) in [5.74, 6) is -2.43. The second kappa shape index (κ2) is 7.20. The van der Waals surface area contributed by atoms with Crippen molar-refractivity contribution >= 4 is 47.7 Å². The summed E-state index contributed by atoms with van der Waals surface area (Å²) >= 11 is 6.18.